The topological polar surface area (TPSA) is 125 Å². The van der Waals surface area contributed by atoms with Crippen LogP contribution >= 0.6 is 0 Å². The number of ether oxygens (including phenoxy) is 4. The lowest BCUT2D eigenvalue weighted by atomic mass is 9.42. The first-order valence-corrected chi connectivity index (χ1v) is 12.3. The SMILES string of the molecule is COC(=O)C1OC12C1C(=O)CC3C(C)(C)OC4CC(=O)OCC43C1CCC2(C)C(O)c1ccoc1. The molecule has 4 heterocycles. The van der Waals surface area contributed by atoms with Crippen molar-refractivity contribution >= 4 is 17.7 Å². The number of methoxy groups -OCH3 is 1. The molecule has 5 aliphatic rings. The molecule has 5 fully saturated rings. The van der Waals surface area contributed by atoms with Gasteiger partial charge in [0.2, 0.25) is 0 Å². The summed E-state index contributed by atoms with van der Waals surface area (Å²) in [5.74, 6) is -1.88. The molecule has 9 nitrogen and oxygen atoms in total. The third-order valence-electron chi connectivity index (χ3n) is 10.1. The van der Waals surface area contributed by atoms with Crippen molar-refractivity contribution in [2.24, 2.45) is 28.6 Å². The van der Waals surface area contributed by atoms with E-state index in [1.807, 2.05) is 20.8 Å². The molecule has 9 heteroatoms. The molecule has 0 bridgehead atoms. The first-order chi connectivity index (χ1) is 16.5. The number of carbonyl (C=O) groups is 3. The number of aliphatic hydroxyl groups is 1. The van der Waals surface area contributed by atoms with E-state index in [1.165, 1.54) is 19.6 Å². The average Bonchev–Trinajstić information content (AvgIpc) is 3.20. The maximum atomic E-state index is 14.0. The summed E-state index contributed by atoms with van der Waals surface area (Å²) in [6.07, 6.45) is 2.08. The zero-order valence-corrected chi connectivity index (χ0v) is 20.4. The van der Waals surface area contributed by atoms with Gasteiger partial charge in [-0.25, -0.2) is 4.79 Å². The van der Waals surface area contributed by atoms with Crippen molar-refractivity contribution in [3.63, 3.8) is 0 Å². The van der Waals surface area contributed by atoms with E-state index in [4.69, 9.17) is 23.4 Å². The highest BCUT2D eigenvalue weighted by Crippen LogP contribution is 2.74. The molecule has 9 atom stereocenters. The maximum absolute atomic E-state index is 14.0. The fraction of sp³-hybridized carbons (Fsp3) is 0.731. The molecule has 6 rings (SSSR count). The van der Waals surface area contributed by atoms with Crippen LogP contribution in [-0.4, -0.2) is 60.0 Å². The average molecular weight is 489 g/mol. The van der Waals surface area contributed by atoms with E-state index in [9.17, 15) is 19.5 Å². The minimum atomic E-state index is -1.24. The van der Waals surface area contributed by atoms with E-state index in [-0.39, 0.29) is 49.1 Å². The number of carbonyl (C=O) groups excluding carboxylic acids is 3. The monoisotopic (exact) mass is 488 g/mol. The van der Waals surface area contributed by atoms with Crippen LogP contribution in [0.1, 0.15) is 58.1 Å². The Morgan fingerprint density at radius 3 is 2.66 bits per heavy atom. The van der Waals surface area contributed by atoms with Crippen LogP contribution < -0.4 is 0 Å². The Labute approximate surface area is 203 Å². The number of ketones is 1. The van der Waals surface area contributed by atoms with Crippen LogP contribution in [0.5, 0.6) is 0 Å². The number of fused-ring (bicyclic) bond motifs is 2. The van der Waals surface area contributed by atoms with Crippen LogP contribution in [0.3, 0.4) is 0 Å². The zero-order chi connectivity index (χ0) is 25.0. The highest BCUT2D eigenvalue weighted by atomic mass is 16.7. The van der Waals surface area contributed by atoms with E-state index in [1.54, 1.807) is 6.07 Å². The molecule has 2 aliphatic carbocycles. The fourth-order valence-corrected chi connectivity index (χ4v) is 8.46. The number of rotatable bonds is 3. The van der Waals surface area contributed by atoms with Crippen molar-refractivity contribution in [2.45, 2.75) is 76.0 Å². The molecule has 1 N–H and O–H groups in total. The molecule has 190 valence electrons. The van der Waals surface area contributed by atoms with Crippen LogP contribution in [0.4, 0.5) is 0 Å². The van der Waals surface area contributed by atoms with E-state index in [0.29, 0.717) is 18.4 Å². The minimum absolute atomic E-state index is 0.00317. The Kier molecular flexibility index (Phi) is 4.75. The molecule has 3 aliphatic heterocycles. The molecule has 9 unspecified atom stereocenters. The van der Waals surface area contributed by atoms with Gasteiger partial charge in [-0.1, -0.05) is 6.92 Å². The van der Waals surface area contributed by atoms with Crippen LogP contribution in [0, 0.1) is 28.6 Å². The smallest absolute Gasteiger partial charge is 0.338 e. The highest BCUT2D eigenvalue weighted by molar-refractivity contribution is 5.89. The van der Waals surface area contributed by atoms with Gasteiger partial charge in [0.15, 0.2) is 6.10 Å². The summed E-state index contributed by atoms with van der Waals surface area (Å²) in [6, 6.07) is 1.69. The predicted octanol–water partition coefficient (Wildman–Crippen LogP) is 2.36. The van der Waals surface area contributed by atoms with Crippen LogP contribution in [0.15, 0.2) is 23.0 Å². The molecule has 0 radical (unpaired) electrons. The van der Waals surface area contributed by atoms with Crippen molar-refractivity contribution in [1.82, 2.24) is 0 Å². The van der Waals surface area contributed by atoms with Gasteiger partial charge in [0.1, 0.15) is 18.0 Å². The van der Waals surface area contributed by atoms with Gasteiger partial charge in [0.25, 0.3) is 0 Å². The Morgan fingerprint density at radius 2 is 1.97 bits per heavy atom. The first kappa shape index (κ1) is 23.2. The van der Waals surface area contributed by atoms with Crippen LogP contribution in [0.25, 0.3) is 0 Å². The van der Waals surface area contributed by atoms with E-state index in [2.05, 4.69) is 0 Å². The van der Waals surface area contributed by atoms with E-state index in [0.717, 1.165) is 0 Å². The lowest BCUT2D eigenvalue weighted by molar-refractivity contribution is -0.196. The standard InChI is InChI=1S/C26H32O9/c1-23(2)16-9-15(27)19-14(25(16)12-33-18(28)10-17(25)34-23)5-7-24(3,20(29)13-6-8-32-11-13)26(19)21(35-26)22(30)31-4/h6,8,11,14,16-17,19-21,29H,5,7,9-10,12H2,1-4H3. The van der Waals surface area contributed by atoms with Crippen molar-refractivity contribution in [3.05, 3.63) is 24.2 Å². The minimum Gasteiger partial charge on any atom is -0.472 e. The Hall–Kier alpha value is -2.23. The normalized spacial score (nSPS) is 46.3. The van der Waals surface area contributed by atoms with Crippen molar-refractivity contribution in [1.29, 1.82) is 0 Å². The molecule has 1 aromatic rings. The van der Waals surface area contributed by atoms with Crippen molar-refractivity contribution < 1.29 is 42.9 Å². The summed E-state index contributed by atoms with van der Waals surface area (Å²) < 4.78 is 28.6. The third-order valence-corrected chi connectivity index (χ3v) is 10.1. The van der Waals surface area contributed by atoms with Gasteiger partial charge in [-0.3, -0.25) is 9.59 Å². The number of esters is 2. The molecular formula is C26H32O9. The zero-order valence-electron chi connectivity index (χ0n) is 20.4. The highest BCUT2D eigenvalue weighted by Gasteiger charge is 2.83. The Bertz CT molecular complexity index is 1080. The largest absolute Gasteiger partial charge is 0.472 e. The third kappa shape index (κ3) is 2.72. The fourth-order valence-electron chi connectivity index (χ4n) is 8.46. The lowest BCUT2D eigenvalue weighted by Crippen LogP contribution is -2.67. The van der Waals surface area contributed by atoms with Crippen molar-refractivity contribution in [2.75, 3.05) is 13.7 Å². The quantitative estimate of drug-likeness (QED) is 0.504. The number of furan rings is 1. The molecule has 35 heavy (non-hydrogen) atoms. The number of hydrogen-bond donors (Lipinski definition) is 1. The van der Waals surface area contributed by atoms with Crippen LogP contribution in [-0.2, 0) is 33.3 Å². The Balaban J connectivity index is 1.49. The maximum Gasteiger partial charge on any atom is 0.338 e. The summed E-state index contributed by atoms with van der Waals surface area (Å²) in [5.41, 5.74) is -2.78. The van der Waals surface area contributed by atoms with Crippen molar-refractivity contribution in [3.8, 4) is 0 Å². The molecule has 3 saturated heterocycles. The molecule has 0 aromatic carbocycles. The van der Waals surface area contributed by atoms with Gasteiger partial charge in [0.05, 0.1) is 49.8 Å². The number of hydrogen-bond acceptors (Lipinski definition) is 9. The number of cyclic esters (lactones) is 1. The number of Topliss-reactive ketones (excluding diaryl/α,β-unsaturated/α-hetero) is 1. The predicted molar refractivity (Wildman–Crippen MR) is 118 cm³/mol. The number of aliphatic hydroxyl groups excluding tert-OH is 1. The summed E-state index contributed by atoms with van der Waals surface area (Å²) in [5, 5.41) is 11.6. The second-order valence-electron chi connectivity index (χ2n) is 11.7. The summed E-state index contributed by atoms with van der Waals surface area (Å²) in [4.78, 5) is 39.1. The first-order valence-electron chi connectivity index (χ1n) is 12.3. The van der Waals surface area contributed by atoms with Gasteiger partial charge in [-0.05, 0) is 38.7 Å². The van der Waals surface area contributed by atoms with Gasteiger partial charge in [0, 0.05) is 28.7 Å². The molecule has 2 saturated carbocycles. The molecular weight excluding hydrogens is 456 g/mol. The second kappa shape index (κ2) is 7.17. The van der Waals surface area contributed by atoms with Gasteiger partial charge >= 0.3 is 11.9 Å². The lowest BCUT2D eigenvalue weighted by Gasteiger charge is -2.59. The van der Waals surface area contributed by atoms with Gasteiger partial charge < -0.3 is 28.5 Å². The van der Waals surface area contributed by atoms with Gasteiger partial charge in [-0.2, -0.15) is 0 Å². The Morgan fingerprint density at radius 1 is 1.20 bits per heavy atom. The van der Waals surface area contributed by atoms with E-state index < -0.39 is 46.1 Å². The van der Waals surface area contributed by atoms with Gasteiger partial charge in [-0.15, -0.1) is 0 Å². The summed E-state index contributed by atoms with van der Waals surface area (Å²) >= 11 is 0. The summed E-state index contributed by atoms with van der Waals surface area (Å²) in [6.45, 7) is 6.02. The van der Waals surface area contributed by atoms with Crippen LogP contribution in [0.2, 0.25) is 0 Å². The molecule has 1 aromatic heterocycles. The second-order valence-corrected chi connectivity index (χ2v) is 11.7. The molecule has 2 spiro atoms. The van der Waals surface area contributed by atoms with E-state index >= 15 is 0 Å². The number of epoxide rings is 1. The molecule has 0 amide bonds. The summed E-state index contributed by atoms with van der Waals surface area (Å²) in [7, 11) is 1.29.